The first-order valence-electron chi connectivity index (χ1n) is 9.34. The van der Waals surface area contributed by atoms with Crippen molar-refractivity contribution in [1.29, 1.82) is 0 Å². The van der Waals surface area contributed by atoms with Gasteiger partial charge in [0.05, 0.1) is 6.10 Å². The molecule has 0 aliphatic rings. The third-order valence-electron chi connectivity index (χ3n) is 4.38. The molecule has 5 nitrogen and oxygen atoms in total. The second-order valence-electron chi connectivity index (χ2n) is 6.44. The van der Waals surface area contributed by atoms with E-state index in [4.69, 9.17) is 14.8 Å². The lowest BCUT2D eigenvalue weighted by Gasteiger charge is -2.17. The molecule has 1 aromatic carbocycles. The summed E-state index contributed by atoms with van der Waals surface area (Å²) >= 11 is 0. The van der Waals surface area contributed by atoms with Gasteiger partial charge < -0.3 is 20.1 Å². The van der Waals surface area contributed by atoms with E-state index in [-0.39, 0.29) is 12.0 Å². The van der Waals surface area contributed by atoms with Crippen molar-refractivity contribution in [3.8, 4) is 0 Å². The van der Waals surface area contributed by atoms with Crippen LogP contribution in [0.15, 0.2) is 24.3 Å². The molecule has 1 atom stereocenters. The van der Waals surface area contributed by atoms with E-state index in [9.17, 15) is 4.79 Å². The molecule has 0 aliphatic heterocycles. The maximum absolute atomic E-state index is 11.9. The smallest absolute Gasteiger partial charge is 0.423 e. The summed E-state index contributed by atoms with van der Waals surface area (Å²) in [7, 11) is 0.124. The number of methoxy groups -OCH3 is 1. The van der Waals surface area contributed by atoms with Crippen LogP contribution in [0.5, 0.6) is 0 Å². The van der Waals surface area contributed by atoms with Gasteiger partial charge in [-0.2, -0.15) is 0 Å². The van der Waals surface area contributed by atoms with Crippen LogP contribution in [0.4, 0.5) is 0 Å². The number of unbranched alkanes of at least 4 members (excludes halogenated alkanes) is 6. The number of carbonyl (C=O) groups is 1. The first-order valence-corrected chi connectivity index (χ1v) is 9.34. The molecule has 1 aromatic rings. The van der Waals surface area contributed by atoms with Crippen molar-refractivity contribution in [3.05, 3.63) is 29.8 Å². The number of benzene rings is 1. The van der Waals surface area contributed by atoms with Crippen molar-refractivity contribution in [1.82, 2.24) is 5.32 Å². The lowest BCUT2D eigenvalue weighted by atomic mass is 9.80. The maximum atomic E-state index is 11.9. The minimum Gasteiger partial charge on any atom is -0.423 e. The zero-order chi connectivity index (χ0) is 18.5. The van der Waals surface area contributed by atoms with Gasteiger partial charge in [-0.25, -0.2) is 0 Å². The molecule has 0 saturated heterocycles. The number of hydrogen-bond donors (Lipinski definition) is 3. The highest BCUT2D eigenvalue weighted by Crippen LogP contribution is 2.15. The number of carbonyl (C=O) groups excluding carboxylic acids is 1. The number of rotatable bonds is 13. The normalized spacial score (nSPS) is 12.0. The molecule has 0 saturated carbocycles. The van der Waals surface area contributed by atoms with Crippen molar-refractivity contribution in [3.63, 3.8) is 0 Å². The number of nitrogens with one attached hydrogen (secondary N) is 1. The summed E-state index contributed by atoms with van der Waals surface area (Å²) in [6.45, 7) is 2.62. The van der Waals surface area contributed by atoms with Crippen molar-refractivity contribution < 1.29 is 19.6 Å². The van der Waals surface area contributed by atoms with Crippen LogP contribution in [0, 0.1) is 0 Å². The van der Waals surface area contributed by atoms with Gasteiger partial charge in [0, 0.05) is 20.1 Å². The summed E-state index contributed by atoms with van der Waals surface area (Å²) in [6.07, 6.45) is 8.67. The highest BCUT2D eigenvalue weighted by molar-refractivity contribution is 6.58. The number of amides is 1. The predicted molar refractivity (Wildman–Crippen MR) is 102 cm³/mol. The lowest BCUT2D eigenvalue weighted by Crippen LogP contribution is -2.31. The van der Waals surface area contributed by atoms with Gasteiger partial charge in [0.15, 0.2) is 0 Å². The summed E-state index contributed by atoms with van der Waals surface area (Å²) in [5, 5.41) is 21.2. The maximum Gasteiger partial charge on any atom is 0.488 e. The second-order valence-corrected chi connectivity index (χ2v) is 6.44. The zero-order valence-corrected chi connectivity index (χ0v) is 15.5. The highest BCUT2D eigenvalue weighted by atomic mass is 16.5. The lowest BCUT2D eigenvalue weighted by molar-refractivity contribution is -0.121. The summed E-state index contributed by atoms with van der Waals surface area (Å²) in [4.78, 5) is 11.9. The zero-order valence-electron chi connectivity index (χ0n) is 15.5. The molecule has 0 aromatic heterocycles. The summed E-state index contributed by atoms with van der Waals surface area (Å²) in [6, 6.07) is 6.86. The average molecular weight is 349 g/mol. The first kappa shape index (κ1) is 21.7. The predicted octanol–water partition coefficient (Wildman–Crippen LogP) is 2.31. The van der Waals surface area contributed by atoms with Crippen LogP contribution in [0.3, 0.4) is 0 Å². The molecule has 140 valence electrons. The Labute approximate surface area is 151 Å². The van der Waals surface area contributed by atoms with E-state index in [0.717, 1.165) is 18.4 Å². The molecule has 0 spiro atoms. The molecule has 6 heteroatoms. The van der Waals surface area contributed by atoms with Gasteiger partial charge in [-0.05, 0) is 17.4 Å². The fourth-order valence-corrected chi connectivity index (χ4v) is 2.76. The van der Waals surface area contributed by atoms with Crippen molar-refractivity contribution in [2.75, 3.05) is 13.7 Å². The largest absolute Gasteiger partial charge is 0.488 e. The van der Waals surface area contributed by atoms with Gasteiger partial charge in [-0.15, -0.1) is 0 Å². The number of hydrogen-bond acceptors (Lipinski definition) is 4. The van der Waals surface area contributed by atoms with Gasteiger partial charge in [0.1, 0.15) is 0 Å². The fraction of sp³-hybridized carbons (Fsp3) is 0.632. The summed E-state index contributed by atoms with van der Waals surface area (Å²) < 4.78 is 5.43. The Kier molecular flexibility index (Phi) is 11.2. The Morgan fingerprint density at radius 1 is 1.08 bits per heavy atom. The van der Waals surface area contributed by atoms with E-state index in [2.05, 4.69) is 12.2 Å². The van der Waals surface area contributed by atoms with E-state index in [1.165, 1.54) is 32.1 Å². The van der Waals surface area contributed by atoms with Crippen LogP contribution < -0.4 is 10.8 Å². The van der Waals surface area contributed by atoms with E-state index in [1.54, 1.807) is 31.4 Å². The van der Waals surface area contributed by atoms with Crippen molar-refractivity contribution in [2.24, 2.45) is 0 Å². The van der Waals surface area contributed by atoms with Crippen LogP contribution in [-0.4, -0.2) is 36.7 Å². The van der Waals surface area contributed by atoms with Crippen molar-refractivity contribution >= 4 is 18.5 Å². The molecule has 0 aliphatic carbocycles. The van der Waals surface area contributed by atoms with Gasteiger partial charge in [0.2, 0.25) is 5.91 Å². The Balaban J connectivity index is 2.26. The van der Waals surface area contributed by atoms with E-state index in [1.807, 2.05) is 0 Å². The standard InChI is InChI=1S/C19H32BNO4/c1-3-4-5-6-7-8-9-10-19(22)21-15-18(25-2)16-11-13-17(14-12-16)20(23)24/h11-14,18,23-24H,3-10,15H2,1-2H3,(H,21,22). The Morgan fingerprint density at radius 2 is 1.68 bits per heavy atom. The molecule has 0 fully saturated rings. The SMILES string of the molecule is CCCCCCCCCC(=O)NCC(OC)c1ccc(B(O)O)cc1. The first-order chi connectivity index (χ1) is 12.1. The fourth-order valence-electron chi connectivity index (χ4n) is 2.76. The molecule has 3 N–H and O–H groups in total. The molecular weight excluding hydrogens is 317 g/mol. The average Bonchev–Trinajstić information content (AvgIpc) is 2.62. The molecule has 0 radical (unpaired) electrons. The van der Waals surface area contributed by atoms with Gasteiger partial charge >= 0.3 is 7.12 Å². The van der Waals surface area contributed by atoms with Gasteiger partial charge in [-0.3, -0.25) is 4.79 Å². The van der Waals surface area contributed by atoms with Crippen LogP contribution >= 0.6 is 0 Å². The van der Waals surface area contributed by atoms with E-state index >= 15 is 0 Å². The minimum absolute atomic E-state index is 0.0537. The van der Waals surface area contributed by atoms with Crippen molar-refractivity contribution in [2.45, 2.75) is 64.4 Å². The third-order valence-corrected chi connectivity index (χ3v) is 4.38. The Morgan fingerprint density at radius 3 is 2.24 bits per heavy atom. The van der Waals surface area contributed by atoms with Gasteiger partial charge in [-0.1, -0.05) is 69.7 Å². The molecule has 1 amide bonds. The second kappa shape index (κ2) is 12.9. The molecule has 1 rings (SSSR count). The summed E-state index contributed by atoms with van der Waals surface area (Å²) in [5.74, 6) is 0.0537. The minimum atomic E-state index is -1.48. The third kappa shape index (κ3) is 9.05. The Hall–Kier alpha value is -1.37. The topological polar surface area (TPSA) is 78.8 Å². The highest BCUT2D eigenvalue weighted by Gasteiger charge is 2.15. The molecule has 1 unspecified atom stereocenters. The van der Waals surface area contributed by atoms with Crippen LogP contribution in [0.1, 0.15) is 70.0 Å². The molecule has 25 heavy (non-hydrogen) atoms. The Bertz CT molecular complexity index is 479. The molecule has 0 heterocycles. The summed E-state index contributed by atoms with van der Waals surface area (Å²) in [5.41, 5.74) is 1.32. The quantitative estimate of drug-likeness (QED) is 0.377. The van der Waals surface area contributed by atoms with Crippen LogP contribution in [0.25, 0.3) is 0 Å². The number of ether oxygens (including phenoxy) is 1. The monoisotopic (exact) mass is 349 g/mol. The van der Waals surface area contributed by atoms with Gasteiger partial charge in [0.25, 0.3) is 0 Å². The van der Waals surface area contributed by atoms with Crippen LogP contribution in [0.2, 0.25) is 0 Å². The van der Waals surface area contributed by atoms with Crippen LogP contribution in [-0.2, 0) is 9.53 Å². The molecule has 0 bridgehead atoms. The van der Waals surface area contributed by atoms with E-state index < -0.39 is 7.12 Å². The molecular formula is C19H32BNO4. The van der Waals surface area contributed by atoms with E-state index in [0.29, 0.717) is 18.4 Å².